The van der Waals surface area contributed by atoms with Crippen LogP contribution in [0.4, 0.5) is 5.69 Å². The average molecular weight is 440 g/mol. The Kier molecular flexibility index (Phi) is 6.96. The van der Waals surface area contributed by atoms with Gasteiger partial charge in [0.1, 0.15) is 0 Å². The summed E-state index contributed by atoms with van der Waals surface area (Å²) in [5.74, 6) is 0.0321. The van der Waals surface area contributed by atoms with E-state index in [9.17, 15) is 4.79 Å². The number of rotatable bonds is 5. The molecule has 164 valence electrons. The lowest BCUT2D eigenvalue weighted by Gasteiger charge is -2.43. The number of nitrogens with zero attached hydrogens (tertiary/aromatic N) is 3. The highest BCUT2D eigenvalue weighted by Gasteiger charge is 2.31. The molecule has 1 amide bonds. The molecule has 2 fully saturated rings. The van der Waals surface area contributed by atoms with E-state index in [1.807, 2.05) is 17.0 Å². The quantitative estimate of drug-likeness (QED) is 0.656. The number of benzene rings is 2. The molecule has 2 aliphatic rings. The third-order valence-electron chi connectivity index (χ3n) is 6.07. The summed E-state index contributed by atoms with van der Waals surface area (Å²) in [5, 5.41) is 0.726. The molecule has 2 heterocycles. The zero-order chi connectivity index (χ0) is 21.8. The van der Waals surface area contributed by atoms with Crippen molar-refractivity contribution in [3.63, 3.8) is 0 Å². The molecule has 31 heavy (non-hydrogen) atoms. The van der Waals surface area contributed by atoms with Crippen LogP contribution < -0.4 is 4.90 Å². The van der Waals surface area contributed by atoms with E-state index in [0.29, 0.717) is 18.7 Å². The highest BCUT2D eigenvalue weighted by atomic mass is 35.5. The number of morpholine rings is 1. The first-order valence-corrected chi connectivity index (χ1v) is 11.2. The van der Waals surface area contributed by atoms with Crippen molar-refractivity contribution in [1.82, 2.24) is 9.80 Å². The lowest BCUT2D eigenvalue weighted by atomic mass is 9.99. The maximum Gasteiger partial charge on any atom is 0.249 e. The van der Waals surface area contributed by atoms with Crippen molar-refractivity contribution in [3.8, 4) is 0 Å². The number of halogens is 1. The van der Waals surface area contributed by atoms with Gasteiger partial charge in [0.25, 0.3) is 0 Å². The smallest absolute Gasteiger partial charge is 0.249 e. The van der Waals surface area contributed by atoms with E-state index >= 15 is 0 Å². The Morgan fingerprint density at radius 2 is 1.71 bits per heavy atom. The molecule has 0 N–H and O–H groups in total. The Bertz CT molecular complexity index is 907. The van der Waals surface area contributed by atoms with Gasteiger partial charge in [-0.05, 0) is 42.3 Å². The number of piperazine rings is 1. The van der Waals surface area contributed by atoms with Crippen LogP contribution in [-0.4, -0.2) is 61.6 Å². The maximum atomic E-state index is 12.6. The van der Waals surface area contributed by atoms with Gasteiger partial charge in [0.2, 0.25) is 5.91 Å². The topological polar surface area (TPSA) is 36.0 Å². The van der Waals surface area contributed by atoms with Crippen LogP contribution in [-0.2, 0) is 16.1 Å². The second-order valence-corrected chi connectivity index (χ2v) is 8.78. The summed E-state index contributed by atoms with van der Waals surface area (Å²) in [7, 11) is 0. The minimum atomic E-state index is 0.0321. The summed E-state index contributed by atoms with van der Waals surface area (Å²) in [5.41, 5.74) is 4.21. The number of carbonyl (C=O) groups is 1. The third kappa shape index (κ3) is 5.29. The first kappa shape index (κ1) is 21.9. The first-order valence-electron chi connectivity index (χ1n) is 10.9. The number of carbonyl (C=O) groups excluding carboxylic acids is 1. The SMILES string of the molecule is C=C(C)C(=O)N1CCN(c2ccc(Cl)cc2)C(c2ccc(CN3CCOCC3)cc2)C1. The van der Waals surface area contributed by atoms with Crippen molar-refractivity contribution in [3.05, 3.63) is 76.8 Å². The zero-order valence-corrected chi connectivity index (χ0v) is 18.9. The predicted octanol–water partition coefficient (Wildman–Crippen LogP) is 4.14. The van der Waals surface area contributed by atoms with Crippen LogP contribution in [0.1, 0.15) is 24.1 Å². The van der Waals surface area contributed by atoms with Crippen LogP contribution in [0.2, 0.25) is 5.02 Å². The van der Waals surface area contributed by atoms with Gasteiger partial charge in [-0.1, -0.05) is 42.4 Å². The van der Waals surface area contributed by atoms with Crippen LogP contribution in [0.25, 0.3) is 0 Å². The largest absolute Gasteiger partial charge is 0.379 e. The van der Waals surface area contributed by atoms with E-state index in [4.69, 9.17) is 16.3 Å². The van der Waals surface area contributed by atoms with Crippen molar-refractivity contribution in [2.24, 2.45) is 0 Å². The minimum absolute atomic E-state index is 0.0321. The zero-order valence-electron chi connectivity index (χ0n) is 18.1. The minimum Gasteiger partial charge on any atom is -0.379 e. The average Bonchev–Trinajstić information content (AvgIpc) is 2.80. The Labute approximate surface area is 189 Å². The molecule has 0 bridgehead atoms. The second kappa shape index (κ2) is 9.86. The fourth-order valence-corrected chi connectivity index (χ4v) is 4.45. The summed E-state index contributed by atoms with van der Waals surface area (Å²) in [6, 6.07) is 16.9. The molecule has 2 aromatic rings. The van der Waals surface area contributed by atoms with E-state index in [-0.39, 0.29) is 11.9 Å². The van der Waals surface area contributed by atoms with Gasteiger partial charge in [-0.15, -0.1) is 0 Å². The van der Waals surface area contributed by atoms with Gasteiger partial charge in [0, 0.05) is 55.6 Å². The van der Waals surface area contributed by atoms with Gasteiger partial charge >= 0.3 is 0 Å². The van der Waals surface area contributed by atoms with E-state index < -0.39 is 0 Å². The second-order valence-electron chi connectivity index (χ2n) is 8.35. The van der Waals surface area contributed by atoms with E-state index in [0.717, 1.165) is 50.1 Å². The predicted molar refractivity (Wildman–Crippen MR) is 125 cm³/mol. The molecule has 0 aromatic heterocycles. The van der Waals surface area contributed by atoms with Gasteiger partial charge in [-0.3, -0.25) is 9.69 Å². The van der Waals surface area contributed by atoms with Crippen molar-refractivity contribution >= 4 is 23.2 Å². The van der Waals surface area contributed by atoms with Crippen LogP contribution in [0, 0.1) is 0 Å². The molecule has 2 aromatic carbocycles. The van der Waals surface area contributed by atoms with Crippen molar-refractivity contribution in [2.75, 3.05) is 50.8 Å². The molecular weight excluding hydrogens is 410 g/mol. The highest BCUT2D eigenvalue weighted by Crippen LogP contribution is 2.32. The molecule has 2 aliphatic heterocycles. The Morgan fingerprint density at radius 3 is 2.35 bits per heavy atom. The van der Waals surface area contributed by atoms with Crippen molar-refractivity contribution in [2.45, 2.75) is 19.5 Å². The van der Waals surface area contributed by atoms with Gasteiger partial charge in [-0.25, -0.2) is 0 Å². The summed E-state index contributed by atoms with van der Waals surface area (Å²) >= 11 is 6.11. The molecule has 5 nitrogen and oxygen atoms in total. The number of hydrogen-bond donors (Lipinski definition) is 0. The maximum absolute atomic E-state index is 12.6. The van der Waals surface area contributed by atoms with Gasteiger partial charge in [0.05, 0.1) is 19.3 Å². The number of ether oxygens (including phenoxy) is 1. The molecule has 0 aliphatic carbocycles. The normalized spacial score (nSPS) is 20.0. The van der Waals surface area contributed by atoms with Crippen LogP contribution in [0.15, 0.2) is 60.7 Å². The van der Waals surface area contributed by atoms with Gasteiger partial charge in [-0.2, -0.15) is 0 Å². The molecule has 0 saturated carbocycles. The fourth-order valence-electron chi connectivity index (χ4n) is 4.33. The van der Waals surface area contributed by atoms with E-state index in [1.54, 1.807) is 6.92 Å². The first-order chi connectivity index (χ1) is 15.0. The highest BCUT2D eigenvalue weighted by molar-refractivity contribution is 6.30. The Hall–Kier alpha value is -2.34. The molecule has 0 spiro atoms. The molecule has 2 saturated heterocycles. The third-order valence-corrected chi connectivity index (χ3v) is 6.32. The molecule has 1 unspecified atom stereocenters. The summed E-state index contributed by atoms with van der Waals surface area (Å²) in [6.45, 7) is 12.2. The molecule has 0 radical (unpaired) electrons. The van der Waals surface area contributed by atoms with Gasteiger partial charge in [0.15, 0.2) is 0 Å². The lowest BCUT2D eigenvalue weighted by Crippen LogP contribution is -2.50. The Balaban J connectivity index is 1.55. The molecular formula is C25H30ClN3O2. The van der Waals surface area contributed by atoms with Crippen molar-refractivity contribution in [1.29, 1.82) is 0 Å². The Morgan fingerprint density at radius 1 is 1.03 bits per heavy atom. The van der Waals surface area contributed by atoms with E-state index in [1.165, 1.54) is 11.1 Å². The van der Waals surface area contributed by atoms with Gasteiger partial charge < -0.3 is 14.5 Å². The molecule has 1 atom stereocenters. The number of amides is 1. The van der Waals surface area contributed by atoms with E-state index in [2.05, 4.69) is 52.8 Å². The summed E-state index contributed by atoms with van der Waals surface area (Å²) < 4.78 is 5.45. The van der Waals surface area contributed by atoms with Crippen molar-refractivity contribution < 1.29 is 9.53 Å². The van der Waals surface area contributed by atoms with Crippen LogP contribution in [0.5, 0.6) is 0 Å². The van der Waals surface area contributed by atoms with Crippen LogP contribution >= 0.6 is 11.6 Å². The van der Waals surface area contributed by atoms with Crippen LogP contribution in [0.3, 0.4) is 0 Å². The monoisotopic (exact) mass is 439 g/mol. The molecule has 4 rings (SSSR count). The summed E-state index contributed by atoms with van der Waals surface area (Å²) in [4.78, 5) is 19.3. The lowest BCUT2D eigenvalue weighted by molar-refractivity contribution is -0.127. The number of anilines is 1. The standard InChI is InChI=1S/C25H30ClN3O2/c1-19(2)25(30)28-11-12-29(23-9-7-22(26)8-10-23)24(18-28)21-5-3-20(4-6-21)17-27-13-15-31-16-14-27/h3-10,24H,1,11-18H2,2H3. The molecule has 6 heteroatoms. The number of hydrogen-bond acceptors (Lipinski definition) is 4. The fraction of sp³-hybridized carbons (Fsp3) is 0.400. The summed E-state index contributed by atoms with van der Waals surface area (Å²) in [6.07, 6.45) is 0.